The van der Waals surface area contributed by atoms with Crippen molar-refractivity contribution in [3.05, 3.63) is 504 Å². The maximum Gasteiger partial charge on any atom is 0.164 e. The maximum atomic E-state index is 5.16. The summed E-state index contributed by atoms with van der Waals surface area (Å²) in [6.45, 7) is 0. The van der Waals surface area contributed by atoms with Crippen LogP contribution in [0, 0.1) is 0 Å². The number of hydrogen-bond acceptors (Lipinski definition) is 8. The zero-order valence-corrected chi connectivity index (χ0v) is 76.3. The summed E-state index contributed by atoms with van der Waals surface area (Å²) in [5.74, 6) is 4.62. The van der Waals surface area contributed by atoms with Gasteiger partial charge in [0.15, 0.2) is 40.8 Å². The van der Waals surface area contributed by atoms with E-state index in [0.717, 1.165) is 116 Å². The van der Waals surface area contributed by atoms with Gasteiger partial charge in [-0.05, 0) is 156 Å². The van der Waals surface area contributed by atoms with Crippen LogP contribution in [0.1, 0.15) is 0 Å². The van der Waals surface area contributed by atoms with E-state index < -0.39 is 0 Å². The summed E-state index contributed by atoms with van der Waals surface area (Å²) in [6.07, 6.45) is 0. The minimum atomic E-state index is 0.640. The molecule has 0 atom stereocenters. The lowest BCUT2D eigenvalue weighted by atomic mass is 10.0. The molecular formula is C130H83N11. The molecule has 0 unspecified atom stereocenters. The van der Waals surface area contributed by atoms with E-state index in [9.17, 15) is 0 Å². The van der Waals surface area contributed by atoms with E-state index in [1.807, 2.05) is 97.1 Å². The van der Waals surface area contributed by atoms with Gasteiger partial charge in [0.05, 0.1) is 55.9 Å². The predicted molar refractivity (Wildman–Crippen MR) is 584 cm³/mol. The van der Waals surface area contributed by atoms with E-state index >= 15 is 0 Å². The summed E-state index contributed by atoms with van der Waals surface area (Å²) in [5, 5.41) is 21.7. The molecule has 22 aromatic carbocycles. The number of nitrogens with zero attached hydrogens (tertiary/aromatic N) is 11. The second-order valence-electron chi connectivity index (χ2n) is 35.7. The molecule has 11 heteroatoms. The lowest BCUT2D eigenvalue weighted by Gasteiger charge is -2.15. The van der Waals surface area contributed by atoms with Crippen LogP contribution >= 0.6 is 0 Å². The van der Waals surface area contributed by atoms with E-state index in [4.69, 9.17) is 39.9 Å². The molecule has 658 valence electrons. The fourth-order valence-corrected chi connectivity index (χ4v) is 20.4. The summed E-state index contributed by atoms with van der Waals surface area (Å²) >= 11 is 0. The van der Waals surface area contributed by atoms with Gasteiger partial charge in [-0.15, -0.1) is 0 Å². The third-order valence-corrected chi connectivity index (χ3v) is 27.2. The summed E-state index contributed by atoms with van der Waals surface area (Å²) in [4.78, 5) is 40.3. The van der Waals surface area contributed by atoms with Gasteiger partial charge in [0, 0.05) is 98.8 Å². The molecule has 28 aromatic rings. The third kappa shape index (κ3) is 15.2. The molecule has 0 saturated carbocycles. The van der Waals surface area contributed by atoms with Crippen LogP contribution in [-0.4, -0.2) is 53.6 Å². The highest BCUT2D eigenvalue weighted by Crippen LogP contribution is 2.45. The number of para-hydroxylation sites is 3. The fourth-order valence-electron chi connectivity index (χ4n) is 20.4. The first-order valence-electron chi connectivity index (χ1n) is 47.6. The molecule has 0 spiro atoms. The molecular weight excluding hydrogens is 1720 g/mol. The van der Waals surface area contributed by atoms with E-state index in [1.165, 1.54) is 103 Å². The largest absolute Gasteiger partial charge is 0.309 e. The standard InChI is InChI=1S/C47H30N4.C42H27N3.C41H26N4/c1-3-13-31(14-4-1)32-25-27-34(28-26-32)46-48-45(33-15-5-2-6-16-33)49-47(50-46)40-22-11-21-38-37(40)20-12-24-43(38)51-42-23-10-9-19-39(42)41-29-35-17-7-8-18-36(35)30-44(41)51;1-3-13-28(14-4-1)37-27-38(29-15-5-2-6-16-29)44-42(43-37)35-22-11-21-33-32(35)20-12-24-40(33)45-39-23-10-9-19-34(39)36-25-30-17-7-8-18-31(30)26-41(36)45;1-3-11-27(12-4-1)39-42-40(28-13-5-2-6-14-28)44-41(43-39)33-20-19-32-24-34(22-21-31(32)23-33)45-37-18-10-9-17-35(37)36-25-29-15-7-8-16-30(29)26-38(36)45/h1-30H;1-27H;1-26H. The normalized spacial score (nSPS) is 11.5. The van der Waals surface area contributed by atoms with Gasteiger partial charge in [-0.1, -0.05) is 413 Å². The van der Waals surface area contributed by atoms with E-state index in [-0.39, 0.29) is 0 Å². The van der Waals surface area contributed by atoms with Crippen molar-refractivity contribution < 1.29 is 0 Å². The zero-order chi connectivity index (χ0) is 93.2. The minimum absolute atomic E-state index is 0.640. The highest BCUT2D eigenvalue weighted by atomic mass is 15.1. The van der Waals surface area contributed by atoms with Crippen molar-refractivity contribution in [1.82, 2.24) is 53.6 Å². The summed E-state index contributed by atoms with van der Waals surface area (Å²) in [7, 11) is 0. The molecule has 0 N–H and O–H groups in total. The molecule has 0 fully saturated rings. The molecule has 11 nitrogen and oxygen atoms in total. The van der Waals surface area contributed by atoms with Gasteiger partial charge in [-0.2, -0.15) is 0 Å². The lowest BCUT2D eigenvalue weighted by molar-refractivity contribution is 1.07. The van der Waals surface area contributed by atoms with Crippen LogP contribution < -0.4 is 0 Å². The lowest BCUT2D eigenvalue weighted by Crippen LogP contribution is -2.01. The SMILES string of the molecule is c1ccc(-c2cc(-c3ccccc3)nc(-c3cccc4c(-n5c6ccccc6c6cc7ccccc7cc65)cccc34)n2)cc1.c1ccc(-c2ccc(-c3nc(-c4ccccc4)nc(-c4cccc5c(-n6c7ccccc7c7cc8ccccc8cc76)cccc45)n3)cc2)cc1.c1ccc(-c2nc(-c3ccccc3)nc(-c3ccc4cc(-n5c6ccccc6c6cc7ccccc7cc65)ccc4c3)n2)cc1. The van der Waals surface area contributed by atoms with Crippen molar-refractivity contribution in [1.29, 1.82) is 0 Å². The van der Waals surface area contributed by atoms with E-state index in [0.29, 0.717) is 40.8 Å². The van der Waals surface area contributed by atoms with Gasteiger partial charge in [0.2, 0.25) is 0 Å². The quantitative estimate of drug-likeness (QED) is 0.112. The Bertz CT molecular complexity index is 9610. The van der Waals surface area contributed by atoms with Crippen LogP contribution in [-0.2, 0) is 0 Å². The van der Waals surface area contributed by atoms with Gasteiger partial charge in [-0.25, -0.2) is 39.9 Å². The van der Waals surface area contributed by atoms with Crippen molar-refractivity contribution in [3.8, 4) is 130 Å². The molecule has 0 amide bonds. The van der Waals surface area contributed by atoms with E-state index in [2.05, 4.69) is 420 Å². The summed E-state index contributed by atoms with van der Waals surface area (Å²) in [5.41, 5.74) is 23.5. The Morgan fingerprint density at radius 3 is 0.816 bits per heavy atom. The number of benzene rings is 22. The Kier molecular flexibility index (Phi) is 20.7. The van der Waals surface area contributed by atoms with Crippen LogP contribution in [0.4, 0.5) is 0 Å². The highest BCUT2D eigenvalue weighted by molar-refractivity contribution is 6.18. The van der Waals surface area contributed by atoms with Gasteiger partial charge >= 0.3 is 0 Å². The smallest absolute Gasteiger partial charge is 0.164 e. The fraction of sp³-hybridized carbons (Fsp3) is 0. The maximum absolute atomic E-state index is 5.16. The van der Waals surface area contributed by atoms with Crippen molar-refractivity contribution in [2.45, 2.75) is 0 Å². The minimum Gasteiger partial charge on any atom is -0.309 e. The van der Waals surface area contributed by atoms with Gasteiger partial charge in [0.1, 0.15) is 0 Å². The van der Waals surface area contributed by atoms with Crippen LogP contribution in [0.25, 0.3) is 260 Å². The molecule has 0 aliphatic rings. The van der Waals surface area contributed by atoms with Crippen LogP contribution in [0.3, 0.4) is 0 Å². The zero-order valence-electron chi connectivity index (χ0n) is 76.3. The Morgan fingerprint density at radius 2 is 0.397 bits per heavy atom. The van der Waals surface area contributed by atoms with Gasteiger partial charge < -0.3 is 13.7 Å². The molecule has 0 saturated heterocycles. The first-order chi connectivity index (χ1) is 69.9. The van der Waals surface area contributed by atoms with Crippen LogP contribution in [0.15, 0.2) is 504 Å². The number of fused-ring (bicyclic) bond motifs is 15. The average molecular weight is 1800 g/mol. The van der Waals surface area contributed by atoms with Crippen molar-refractivity contribution in [2.75, 3.05) is 0 Å². The van der Waals surface area contributed by atoms with Crippen LogP contribution in [0.2, 0.25) is 0 Å². The molecule has 0 radical (unpaired) electrons. The average Bonchev–Trinajstić information content (AvgIpc) is 1.60. The number of aromatic nitrogens is 11. The molecule has 6 heterocycles. The first-order valence-corrected chi connectivity index (χ1v) is 47.6. The molecule has 0 aliphatic carbocycles. The monoisotopic (exact) mass is 1800 g/mol. The third-order valence-electron chi connectivity index (χ3n) is 27.2. The summed E-state index contributed by atoms with van der Waals surface area (Å²) in [6, 6.07) is 177. The molecule has 141 heavy (non-hydrogen) atoms. The second kappa shape index (κ2) is 35.3. The van der Waals surface area contributed by atoms with Crippen molar-refractivity contribution in [2.24, 2.45) is 0 Å². The second-order valence-corrected chi connectivity index (χ2v) is 35.7. The van der Waals surface area contributed by atoms with E-state index in [1.54, 1.807) is 0 Å². The molecule has 28 rings (SSSR count). The predicted octanol–water partition coefficient (Wildman–Crippen LogP) is 33.1. The molecule has 0 aliphatic heterocycles. The Balaban J connectivity index is 0.000000109. The first kappa shape index (κ1) is 82.6. The Hall–Kier alpha value is -19.1. The van der Waals surface area contributed by atoms with Gasteiger partial charge in [-0.3, -0.25) is 0 Å². The highest BCUT2D eigenvalue weighted by Gasteiger charge is 2.24. The topological polar surface area (TPSA) is 118 Å². The Morgan fingerprint density at radius 1 is 0.128 bits per heavy atom. The van der Waals surface area contributed by atoms with Gasteiger partial charge in [0.25, 0.3) is 0 Å². The molecule has 6 aromatic heterocycles. The molecule has 0 bridgehead atoms. The summed E-state index contributed by atoms with van der Waals surface area (Å²) < 4.78 is 7.21. The van der Waals surface area contributed by atoms with Crippen molar-refractivity contribution in [3.63, 3.8) is 0 Å². The van der Waals surface area contributed by atoms with Crippen LogP contribution in [0.5, 0.6) is 0 Å². The Labute approximate surface area is 811 Å². The number of rotatable bonds is 13. The van der Waals surface area contributed by atoms with Crippen molar-refractivity contribution >= 4 is 130 Å². The number of hydrogen-bond donors (Lipinski definition) is 0.